The Bertz CT molecular complexity index is 1030. The van der Waals surface area contributed by atoms with Crippen molar-refractivity contribution in [2.24, 2.45) is 9.98 Å². The number of ketones is 4. The van der Waals surface area contributed by atoms with Gasteiger partial charge in [-0.3, -0.25) is 12.2 Å². The minimum atomic E-state index is -0.444. The first-order valence-corrected chi connectivity index (χ1v) is 8.50. The number of allylic oxidation sites excluding steroid dienone is 8. The van der Waals surface area contributed by atoms with Crippen LogP contribution in [0.1, 0.15) is 25.7 Å². The second-order valence-electron chi connectivity index (χ2n) is 6.55. The molecule has 0 heterocycles. The van der Waals surface area contributed by atoms with Crippen LogP contribution in [0.25, 0.3) is 0 Å². The molecule has 0 aromatic rings. The molecule has 0 spiro atoms. The monoisotopic (exact) mass is 736 g/mol. The van der Waals surface area contributed by atoms with Crippen LogP contribution in [0.15, 0.2) is 56.6 Å². The molecule has 0 atom stereocenters. The molecule has 0 fully saturated rings. The smallest absolute Gasteiger partial charge is 0.475 e. The molecule has 30 heavy (non-hydrogen) atoms. The minimum Gasteiger partial charge on any atom is -0.475 e. The van der Waals surface area contributed by atoms with Gasteiger partial charge in [0.25, 0.3) is 0 Å². The van der Waals surface area contributed by atoms with E-state index in [-0.39, 0.29) is 90.8 Å². The third kappa shape index (κ3) is 3.91. The first kappa shape index (κ1) is 24.1. The second kappa shape index (κ2) is 9.32. The number of hydrogen-bond donors (Lipinski definition) is 0. The average Bonchev–Trinajstić information content (AvgIpc) is 3.07. The number of nitrogens with zero attached hydrogens (tertiary/aromatic N) is 2. The van der Waals surface area contributed by atoms with Gasteiger partial charge in [0.1, 0.15) is 11.6 Å². The number of fused-ring (bicyclic) bond motifs is 3. The van der Waals surface area contributed by atoms with Gasteiger partial charge in [-0.25, -0.2) is 0 Å². The zero-order valence-corrected chi connectivity index (χ0v) is 21.5. The van der Waals surface area contributed by atoms with E-state index in [0.717, 1.165) is 0 Å². The number of carbonyl (C=O) groups is 4. The molecule has 4 rings (SSSR count). The van der Waals surface area contributed by atoms with Gasteiger partial charge >= 0.3 is 42.1 Å². The van der Waals surface area contributed by atoms with E-state index in [1.54, 1.807) is 0 Å². The van der Waals surface area contributed by atoms with Crippen molar-refractivity contribution in [3.8, 4) is 0 Å². The summed E-state index contributed by atoms with van der Waals surface area (Å²) in [6.07, 6.45) is 10.3. The third-order valence-corrected chi connectivity index (χ3v) is 4.93. The van der Waals surface area contributed by atoms with Crippen molar-refractivity contribution in [2.45, 2.75) is 25.7 Å². The fraction of sp³-hybridized carbons (Fsp3) is 0.182. The summed E-state index contributed by atoms with van der Waals surface area (Å²) in [6.45, 7) is 6.71. The molecular formula is C22H12N2O4W2. The van der Waals surface area contributed by atoms with Crippen LogP contribution in [0.2, 0.25) is 0 Å². The molecule has 0 bridgehead atoms. The van der Waals surface area contributed by atoms with Crippen molar-refractivity contribution in [1.82, 2.24) is 0 Å². The molecule has 4 aliphatic carbocycles. The van der Waals surface area contributed by atoms with Gasteiger partial charge < -0.3 is 29.2 Å². The molecule has 0 aromatic heterocycles. The Hall–Kier alpha value is -2.16. The molecule has 0 unspecified atom stereocenters. The average molecular weight is 736 g/mol. The Morgan fingerprint density at radius 1 is 0.633 bits per heavy atom. The van der Waals surface area contributed by atoms with E-state index >= 15 is 0 Å². The number of carbonyl (C=O) groups excluding carboxylic acids is 4. The summed E-state index contributed by atoms with van der Waals surface area (Å²) >= 11 is 0. The van der Waals surface area contributed by atoms with Gasteiger partial charge in [0.2, 0.25) is 0 Å². The molecule has 0 saturated carbocycles. The van der Waals surface area contributed by atoms with Crippen LogP contribution in [-0.4, -0.2) is 34.6 Å². The van der Waals surface area contributed by atoms with Crippen molar-refractivity contribution in [2.75, 3.05) is 0 Å². The summed E-state index contributed by atoms with van der Waals surface area (Å²) in [6, 6.07) is 0. The van der Waals surface area contributed by atoms with E-state index in [9.17, 15) is 19.2 Å². The van der Waals surface area contributed by atoms with Gasteiger partial charge in [-0.2, -0.15) is 48.1 Å². The number of rotatable bonds is 2. The zero-order valence-electron chi connectivity index (χ0n) is 15.6. The molecule has 0 amide bonds. The van der Waals surface area contributed by atoms with Gasteiger partial charge in [-0.15, -0.1) is 0 Å². The molecule has 6 nitrogen and oxygen atoms in total. The standard InChI is InChI=1S/C22H12N2O4.2W/c1-3-23-15-7-11-5-13-14(21(11)19(27)9-17(15)25)6-12-8-16(24-4-2)18(26)10-20(28)22(12)13;;/h1-2,5-6,9-10H2;;/q-4;2*+2. The summed E-state index contributed by atoms with van der Waals surface area (Å²) in [5.41, 5.74) is 3.23. The van der Waals surface area contributed by atoms with Crippen molar-refractivity contribution in [3.63, 3.8) is 0 Å². The predicted octanol–water partition coefficient (Wildman–Crippen LogP) is 1.70. The van der Waals surface area contributed by atoms with Crippen molar-refractivity contribution < 1.29 is 61.3 Å². The SMILES string of the molecule is C=[C-]N=C1[C-]=C2CC3=C4C(=O)CC(=O)C(=N[C-]=C)[C-]=C4CC3=C2C(=O)CC1=O.[W+2].[W+2]. The number of hydrogen-bond acceptors (Lipinski definition) is 6. The molecule has 0 N–H and O–H groups in total. The Kier molecular flexibility index (Phi) is 7.49. The van der Waals surface area contributed by atoms with Crippen molar-refractivity contribution in [3.05, 3.63) is 71.1 Å². The van der Waals surface area contributed by atoms with Crippen LogP contribution in [0.4, 0.5) is 0 Å². The van der Waals surface area contributed by atoms with Crippen LogP contribution >= 0.6 is 0 Å². The Balaban J connectivity index is 0.00000160. The van der Waals surface area contributed by atoms with E-state index in [1.165, 1.54) is 0 Å². The van der Waals surface area contributed by atoms with Crippen LogP contribution < -0.4 is 0 Å². The maximum absolute atomic E-state index is 12.7. The van der Waals surface area contributed by atoms with E-state index < -0.39 is 11.6 Å². The number of Topliss-reactive ketones (excluding diaryl/α,β-unsaturated/α-hetero) is 4. The maximum Gasteiger partial charge on any atom is 2.00 e. The van der Waals surface area contributed by atoms with E-state index in [2.05, 4.69) is 47.7 Å². The van der Waals surface area contributed by atoms with E-state index in [0.29, 0.717) is 33.4 Å². The van der Waals surface area contributed by atoms with Gasteiger partial charge in [0.15, 0.2) is 0 Å². The predicted molar refractivity (Wildman–Crippen MR) is 98.7 cm³/mol. The summed E-state index contributed by atoms with van der Waals surface area (Å²) < 4.78 is 0. The molecule has 0 aromatic carbocycles. The third-order valence-electron chi connectivity index (χ3n) is 4.93. The summed E-state index contributed by atoms with van der Waals surface area (Å²) in [5.74, 6) is -1.55. The van der Waals surface area contributed by atoms with Gasteiger partial charge in [-0.1, -0.05) is 22.3 Å². The zero-order chi connectivity index (χ0) is 20.0. The first-order chi connectivity index (χ1) is 13.4. The van der Waals surface area contributed by atoms with E-state index in [1.807, 2.05) is 0 Å². The molecule has 8 heteroatoms. The van der Waals surface area contributed by atoms with Gasteiger partial charge in [0, 0.05) is 24.4 Å². The molecular weight excluding hydrogens is 724 g/mol. The first-order valence-electron chi connectivity index (χ1n) is 8.50. The normalized spacial score (nSPS) is 23.1. The Morgan fingerprint density at radius 2 is 1.00 bits per heavy atom. The van der Waals surface area contributed by atoms with E-state index in [4.69, 9.17) is 0 Å². The largest absolute Gasteiger partial charge is 2.00 e. The number of aliphatic imine (C=N–C) groups is 2. The van der Waals surface area contributed by atoms with Crippen LogP contribution in [-0.2, 0) is 61.3 Å². The molecule has 0 radical (unpaired) electrons. The van der Waals surface area contributed by atoms with Crippen LogP contribution in [0.3, 0.4) is 0 Å². The molecule has 4 aliphatic rings. The summed E-state index contributed by atoms with van der Waals surface area (Å²) in [7, 11) is 0. The van der Waals surface area contributed by atoms with Crippen LogP contribution in [0, 0.1) is 24.6 Å². The Labute approximate surface area is 201 Å². The molecule has 0 saturated heterocycles. The summed E-state index contributed by atoms with van der Waals surface area (Å²) in [5, 5.41) is 0. The van der Waals surface area contributed by atoms with Crippen molar-refractivity contribution in [1.29, 1.82) is 0 Å². The fourth-order valence-electron chi connectivity index (χ4n) is 3.87. The Morgan fingerprint density at radius 3 is 1.33 bits per heavy atom. The van der Waals surface area contributed by atoms with Gasteiger partial charge in [0.05, 0.1) is 0 Å². The van der Waals surface area contributed by atoms with Gasteiger partial charge in [-0.05, 0) is 12.8 Å². The topological polar surface area (TPSA) is 93.0 Å². The fourth-order valence-corrected chi connectivity index (χ4v) is 3.87. The molecule has 146 valence electrons. The summed E-state index contributed by atoms with van der Waals surface area (Å²) in [4.78, 5) is 57.3. The quantitative estimate of drug-likeness (QED) is 0.319. The van der Waals surface area contributed by atoms with Crippen LogP contribution in [0.5, 0.6) is 0 Å². The maximum atomic E-state index is 12.7. The minimum absolute atomic E-state index is 0. The second-order valence-corrected chi connectivity index (χ2v) is 6.55. The molecule has 0 aliphatic heterocycles. The van der Waals surface area contributed by atoms with Crippen molar-refractivity contribution >= 4 is 34.6 Å².